The van der Waals surface area contributed by atoms with Gasteiger partial charge in [0.25, 0.3) is 0 Å². The molecule has 8 nitrogen and oxygen atoms in total. The molecule has 144 valence electrons. The lowest BCUT2D eigenvalue weighted by Crippen LogP contribution is -2.23. The van der Waals surface area contributed by atoms with Gasteiger partial charge in [-0.3, -0.25) is 4.98 Å². The summed E-state index contributed by atoms with van der Waals surface area (Å²) in [6.45, 7) is 2.35. The van der Waals surface area contributed by atoms with Crippen LogP contribution in [0.4, 0.5) is 0 Å². The van der Waals surface area contributed by atoms with Gasteiger partial charge in [0, 0.05) is 24.4 Å². The second-order valence-electron chi connectivity index (χ2n) is 6.24. The molecule has 0 bridgehead atoms. The van der Waals surface area contributed by atoms with Crippen LogP contribution in [0, 0.1) is 6.92 Å². The second-order valence-corrected chi connectivity index (χ2v) is 8.96. The van der Waals surface area contributed by atoms with Crippen LogP contribution in [-0.4, -0.2) is 41.9 Å². The minimum absolute atomic E-state index is 0.420. The van der Waals surface area contributed by atoms with E-state index >= 15 is 0 Å². The van der Waals surface area contributed by atoms with Crippen LogP contribution in [0.1, 0.15) is 17.8 Å². The number of hydrazone groups is 1. The third-order valence-electron chi connectivity index (χ3n) is 4.01. The van der Waals surface area contributed by atoms with Gasteiger partial charge in [0.1, 0.15) is 16.5 Å². The van der Waals surface area contributed by atoms with Gasteiger partial charge in [0.2, 0.25) is 10.0 Å². The Labute approximate surface area is 166 Å². The molecule has 0 radical (unpaired) electrons. The summed E-state index contributed by atoms with van der Waals surface area (Å²) in [6.07, 6.45) is 5.02. The van der Waals surface area contributed by atoms with Crippen LogP contribution >= 0.6 is 11.3 Å². The molecule has 1 aliphatic rings. The fourth-order valence-corrected chi connectivity index (χ4v) is 4.07. The van der Waals surface area contributed by atoms with Crippen LogP contribution in [0.2, 0.25) is 0 Å². The van der Waals surface area contributed by atoms with Gasteiger partial charge in [-0.25, -0.2) is 23.2 Å². The van der Waals surface area contributed by atoms with Crippen molar-refractivity contribution in [3.63, 3.8) is 0 Å². The van der Waals surface area contributed by atoms with E-state index in [1.54, 1.807) is 12.4 Å². The standard InChI is InChI=1S/C18H17N5O3S2/c1-11-17(27-18(20-11)12-4-3-8-19-10-12)14-5-6-15-16(21-14)13(7-9-26-15)22-23-28(2,24)25/h3-6,8,10,23H,7,9H2,1-2H3/b22-13+. The minimum atomic E-state index is -3.44. The maximum Gasteiger partial charge on any atom is 0.244 e. The fraction of sp³-hybridized carbons (Fsp3) is 0.222. The Morgan fingerprint density at radius 2 is 2.11 bits per heavy atom. The largest absolute Gasteiger partial charge is 0.491 e. The highest BCUT2D eigenvalue weighted by Crippen LogP contribution is 2.35. The van der Waals surface area contributed by atoms with Crippen molar-refractivity contribution in [1.29, 1.82) is 0 Å². The molecule has 1 N–H and O–H groups in total. The number of sulfonamides is 1. The molecular weight excluding hydrogens is 398 g/mol. The number of aromatic nitrogens is 3. The molecule has 0 spiro atoms. The molecule has 0 saturated carbocycles. The van der Waals surface area contributed by atoms with Gasteiger partial charge >= 0.3 is 0 Å². The number of hydrogen-bond acceptors (Lipinski definition) is 8. The highest BCUT2D eigenvalue weighted by atomic mass is 32.2. The zero-order chi connectivity index (χ0) is 19.7. The number of nitrogens with one attached hydrogen (secondary N) is 1. The molecule has 0 aromatic carbocycles. The third kappa shape index (κ3) is 3.87. The number of fused-ring (bicyclic) bond motifs is 1. The predicted octanol–water partition coefficient (Wildman–Crippen LogP) is 2.61. The molecule has 4 rings (SSSR count). The Morgan fingerprint density at radius 1 is 1.25 bits per heavy atom. The van der Waals surface area contributed by atoms with Crippen LogP contribution in [0.15, 0.2) is 41.8 Å². The second kappa shape index (κ2) is 7.28. The molecular formula is C18H17N5O3S2. The Bertz CT molecular complexity index is 1160. The molecule has 0 aliphatic carbocycles. The molecule has 4 heterocycles. The smallest absolute Gasteiger partial charge is 0.244 e. The molecule has 3 aromatic heterocycles. The van der Waals surface area contributed by atoms with E-state index in [1.165, 1.54) is 11.3 Å². The van der Waals surface area contributed by atoms with Crippen LogP contribution in [0.25, 0.3) is 21.1 Å². The molecule has 3 aromatic rings. The number of ether oxygens (including phenoxy) is 1. The number of nitrogens with zero attached hydrogens (tertiary/aromatic N) is 4. The lowest BCUT2D eigenvalue weighted by Gasteiger charge is -2.18. The van der Waals surface area contributed by atoms with Crippen molar-refractivity contribution in [3.8, 4) is 26.9 Å². The first-order valence-corrected chi connectivity index (χ1v) is 11.2. The summed E-state index contributed by atoms with van der Waals surface area (Å²) in [6, 6.07) is 7.54. The summed E-state index contributed by atoms with van der Waals surface area (Å²) in [5, 5.41) is 4.89. The number of pyridine rings is 2. The minimum Gasteiger partial charge on any atom is -0.491 e. The summed E-state index contributed by atoms with van der Waals surface area (Å²) in [4.78, 5) is 16.6. The van der Waals surface area contributed by atoms with Crippen molar-refractivity contribution < 1.29 is 13.2 Å². The average Bonchev–Trinajstić information content (AvgIpc) is 3.08. The van der Waals surface area contributed by atoms with Crippen LogP contribution in [-0.2, 0) is 10.0 Å². The Morgan fingerprint density at radius 3 is 2.86 bits per heavy atom. The summed E-state index contributed by atoms with van der Waals surface area (Å²) >= 11 is 1.53. The van der Waals surface area contributed by atoms with Crippen LogP contribution in [0.5, 0.6) is 5.75 Å². The molecule has 0 unspecified atom stereocenters. The highest BCUT2D eigenvalue weighted by Gasteiger charge is 2.22. The lowest BCUT2D eigenvalue weighted by molar-refractivity contribution is 0.318. The van der Waals surface area contributed by atoms with Gasteiger partial charge in [-0.2, -0.15) is 5.10 Å². The number of thiazole rings is 1. The zero-order valence-corrected chi connectivity index (χ0v) is 16.8. The van der Waals surface area contributed by atoms with Gasteiger partial charge in [0.15, 0.2) is 0 Å². The first-order chi connectivity index (χ1) is 13.4. The van der Waals surface area contributed by atoms with E-state index in [4.69, 9.17) is 9.72 Å². The maximum absolute atomic E-state index is 11.4. The maximum atomic E-state index is 11.4. The summed E-state index contributed by atoms with van der Waals surface area (Å²) in [5.74, 6) is 0.582. The van der Waals surface area contributed by atoms with E-state index in [0.717, 1.165) is 33.1 Å². The van der Waals surface area contributed by atoms with Crippen molar-refractivity contribution in [2.75, 3.05) is 12.9 Å². The number of hydrogen-bond donors (Lipinski definition) is 1. The van der Waals surface area contributed by atoms with Crippen LogP contribution in [0.3, 0.4) is 0 Å². The average molecular weight is 416 g/mol. The van der Waals surface area contributed by atoms with Crippen molar-refractivity contribution in [2.24, 2.45) is 5.10 Å². The van der Waals surface area contributed by atoms with E-state index in [9.17, 15) is 8.42 Å². The first-order valence-electron chi connectivity index (χ1n) is 8.46. The SMILES string of the molecule is Cc1nc(-c2cccnc2)sc1-c1ccc2c(n1)/C(=N/NS(C)(=O)=O)CCO2. The van der Waals surface area contributed by atoms with Gasteiger partial charge in [-0.05, 0) is 31.2 Å². The quantitative estimate of drug-likeness (QED) is 0.657. The van der Waals surface area contributed by atoms with Gasteiger partial charge in [0.05, 0.1) is 34.8 Å². The molecule has 1 aliphatic heterocycles. The van der Waals surface area contributed by atoms with E-state index in [1.807, 2.05) is 31.2 Å². The van der Waals surface area contributed by atoms with Crippen molar-refractivity contribution in [2.45, 2.75) is 13.3 Å². The first kappa shape index (κ1) is 18.5. The van der Waals surface area contributed by atoms with Gasteiger partial charge in [-0.15, -0.1) is 11.3 Å². The number of rotatable bonds is 4. The molecule has 10 heteroatoms. The fourth-order valence-electron chi connectivity index (χ4n) is 2.77. The lowest BCUT2D eigenvalue weighted by atomic mass is 10.1. The summed E-state index contributed by atoms with van der Waals surface area (Å²) in [7, 11) is -3.44. The highest BCUT2D eigenvalue weighted by molar-refractivity contribution is 7.88. The van der Waals surface area contributed by atoms with Crippen molar-refractivity contribution in [1.82, 2.24) is 19.8 Å². The van der Waals surface area contributed by atoms with E-state index < -0.39 is 10.0 Å². The van der Waals surface area contributed by atoms with E-state index in [0.29, 0.717) is 30.2 Å². The topological polar surface area (TPSA) is 106 Å². The van der Waals surface area contributed by atoms with E-state index in [-0.39, 0.29) is 0 Å². The monoisotopic (exact) mass is 415 g/mol. The molecule has 0 atom stereocenters. The molecule has 0 amide bonds. The Hall–Kier alpha value is -2.85. The third-order valence-corrected chi connectivity index (χ3v) is 5.66. The molecule has 0 fully saturated rings. The van der Waals surface area contributed by atoms with Gasteiger partial charge in [-0.1, -0.05) is 0 Å². The number of aryl methyl sites for hydroxylation is 1. The summed E-state index contributed by atoms with van der Waals surface area (Å²) in [5.41, 5.74) is 3.63. The Balaban J connectivity index is 1.74. The van der Waals surface area contributed by atoms with Crippen molar-refractivity contribution in [3.05, 3.63) is 48.0 Å². The van der Waals surface area contributed by atoms with Crippen molar-refractivity contribution >= 4 is 27.1 Å². The Kier molecular flexibility index (Phi) is 4.82. The predicted molar refractivity (Wildman–Crippen MR) is 108 cm³/mol. The van der Waals surface area contributed by atoms with Gasteiger partial charge < -0.3 is 4.74 Å². The molecule has 0 saturated heterocycles. The summed E-state index contributed by atoms with van der Waals surface area (Å²) < 4.78 is 28.4. The normalized spacial score (nSPS) is 15.1. The van der Waals surface area contributed by atoms with E-state index in [2.05, 4.69) is 19.9 Å². The van der Waals surface area contributed by atoms with Crippen LogP contribution < -0.4 is 9.57 Å². The zero-order valence-electron chi connectivity index (χ0n) is 15.2. The molecule has 28 heavy (non-hydrogen) atoms.